The van der Waals surface area contributed by atoms with Gasteiger partial charge >= 0.3 is 0 Å². The minimum absolute atomic E-state index is 0.203. The number of rotatable bonds is 4. The van der Waals surface area contributed by atoms with Gasteiger partial charge in [-0.05, 0) is 44.9 Å². The van der Waals surface area contributed by atoms with Crippen molar-refractivity contribution in [3.63, 3.8) is 0 Å². The van der Waals surface area contributed by atoms with Crippen LogP contribution < -0.4 is 0 Å². The van der Waals surface area contributed by atoms with E-state index in [9.17, 15) is 9.59 Å². The van der Waals surface area contributed by atoms with E-state index >= 15 is 0 Å². The summed E-state index contributed by atoms with van der Waals surface area (Å²) < 4.78 is 0. The summed E-state index contributed by atoms with van der Waals surface area (Å²) in [7, 11) is 0. The van der Waals surface area contributed by atoms with Gasteiger partial charge in [-0.15, -0.1) is 0 Å². The third-order valence-electron chi connectivity index (χ3n) is 6.49. The Morgan fingerprint density at radius 1 is 0.455 bits per heavy atom. The van der Waals surface area contributed by atoms with Crippen molar-refractivity contribution in [1.82, 2.24) is 0 Å². The Labute approximate surface area is 135 Å². The van der Waals surface area contributed by atoms with Gasteiger partial charge in [0, 0.05) is 23.7 Å². The molecule has 0 aromatic rings. The van der Waals surface area contributed by atoms with Gasteiger partial charge in [0.25, 0.3) is 0 Å². The molecule has 0 bridgehead atoms. The molecule has 2 nitrogen and oxygen atoms in total. The molecule has 0 aromatic heterocycles. The molecular formula is C20H32O2. The molecule has 0 aliphatic heterocycles. The number of Topliss-reactive ketones (excluding diaryl/α,β-unsaturated/α-hetero) is 2. The van der Waals surface area contributed by atoms with Gasteiger partial charge in [0.05, 0.1) is 0 Å². The number of ketones is 2. The van der Waals surface area contributed by atoms with Gasteiger partial charge in [-0.3, -0.25) is 9.59 Å². The molecule has 22 heavy (non-hydrogen) atoms. The maximum Gasteiger partial charge on any atom is 0.139 e. The highest BCUT2D eigenvalue weighted by Gasteiger charge is 2.36. The van der Waals surface area contributed by atoms with E-state index < -0.39 is 0 Å². The number of hydrogen-bond acceptors (Lipinski definition) is 2. The van der Waals surface area contributed by atoms with Gasteiger partial charge in [-0.1, -0.05) is 44.9 Å². The molecule has 0 saturated heterocycles. The van der Waals surface area contributed by atoms with Gasteiger partial charge in [-0.2, -0.15) is 0 Å². The van der Waals surface area contributed by atoms with Crippen LogP contribution >= 0.6 is 0 Å². The lowest BCUT2D eigenvalue weighted by Gasteiger charge is -2.33. The fourth-order valence-corrected chi connectivity index (χ4v) is 5.15. The fraction of sp³-hybridized carbons (Fsp3) is 0.900. The second-order valence-electron chi connectivity index (χ2n) is 8.04. The first-order valence-electron chi connectivity index (χ1n) is 9.83. The zero-order chi connectivity index (χ0) is 15.4. The van der Waals surface area contributed by atoms with E-state index in [0.717, 1.165) is 51.4 Å². The van der Waals surface area contributed by atoms with Crippen LogP contribution in [0.15, 0.2) is 0 Å². The topological polar surface area (TPSA) is 34.1 Å². The molecule has 2 unspecified atom stereocenters. The Morgan fingerprint density at radius 2 is 0.818 bits per heavy atom. The SMILES string of the molecule is O=C(C1CCCCC1)C1CCCC(C(=O)C2CCCCC2)C1. The molecule has 0 aromatic carbocycles. The van der Waals surface area contributed by atoms with E-state index in [2.05, 4.69) is 0 Å². The smallest absolute Gasteiger partial charge is 0.139 e. The Hall–Kier alpha value is -0.660. The van der Waals surface area contributed by atoms with Crippen LogP contribution in [0.25, 0.3) is 0 Å². The molecule has 2 heteroatoms. The molecule has 2 atom stereocenters. The first-order valence-corrected chi connectivity index (χ1v) is 9.83. The van der Waals surface area contributed by atoms with Crippen LogP contribution in [0.4, 0.5) is 0 Å². The molecule has 0 heterocycles. The average Bonchev–Trinajstić information content (AvgIpc) is 2.62. The van der Waals surface area contributed by atoms with E-state index in [1.54, 1.807) is 0 Å². The molecular weight excluding hydrogens is 272 g/mol. The summed E-state index contributed by atoms with van der Waals surface area (Å²) in [6.07, 6.45) is 16.0. The van der Waals surface area contributed by atoms with Crippen LogP contribution in [-0.2, 0) is 9.59 Å². The molecule has 0 amide bonds. The lowest BCUT2D eigenvalue weighted by molar-refractivity contribution is -0.133. The van der Waals surface area contributed by atoms with Crippen LogP contribution in [0.5, 0.6) is 0 Å². The Morgan fingerprint density at radius 3 is 1.23 bits per heavy atom. The largest absolute Gasteiger partial charge is 0.299 e. The second-order valence-corrected chi connectivity index (χ2v) is 8.04. The summed E-state index contributed by atoms with van der Waals surface area (Å²) in [5.74, 6) is 2.08. The van der Waals surface area contributed by atoms with Gasteiger partial charge in [0.15, 0.2) is 0 Å². The summed E-state index contributed by atoms with van der Waals surface area (Å²) in [6.45, 7) is 0. The summed E-state index contributed by atoms with van der Waals surface area (Å²) in [6, 6.07) is 0. The van der Waals surface area contributed by atoms with Crippen molar-refractivity contribution >= 4 is 11.6 Å². The third-order valence-corrected chi connectivity index (χ3v) is 6.49. The van der Waals surface area contributed by atoms with Gasteiger partial charge in [0.1, 0.15) is 11.6 Å². The van der Waals surface area contributed by atoms with Crippen LogP contribution in [0, 0.1) is 23.7 Å². The van der Waals surface area contributed by atoms with Crippen molar-refractivity contribution in [3.8, 4) is 0 Å². The predicted molar refractivity (Wildman–Crippen MR) is 88.6 cm³/mol. The normalized spacial score (nSPS) is 31.8. The lowest BCUT2D eigenvalue weighted by Crippen LogP contribution is -2.34. The van der Waals surface area contributed by atoms with Crippen molar-refractivity contribution in [2.24, 2.45) is 23.7 Å². The minimum Gasteiger partial charge on any atom is -0.299 e. The van der Waals surface area contributed by atoms with Gasteiger partial charge < -0.3 is 0 Å². The highest BCUT2D eigenvalue weighted by molar-refractivity contribution is 5.87. The van der Waals surface area contributed by atoms with Crippen molar-refractivity contribution in [3.05, 3.63) is 0 Å². The Bertz CT molecular complexity index is 353. The van der Waals surface area contributed by atoms with Crippen LogP contribution in [0.3, 0.4) is 0 Å². The summed E-state index contributed by atoms with van der Waals surface area (Å²) >= 11 is 0. The molecule has 0 radical (unpaired) electrons. The molecule has 3 aliphatic carbocycles. The van der Waals surface area contributed by atoms with Crippen molar-refractivity contribution in [2.45, 2.75) is 89.9 Å². The fourth-order valence-electron chi connectivity index (χ4n) is 5.15. The molecule has 3 fully saturated rings. The third kappa shape index (κ3) is 3.81. The minimum atomic E-state index is 0.203. The zero-order valence-electron chi connectivity index (χ0n) is 14.0. The number of carbonyl (C=O) groups excluding carboxylic acids is 2. The van der Waals surface area contributed by atoms with Gasteiger partial charge in [-0.25, -0.2) is 0 Å². The highest BCUT2D eigenvalue weighted by Crippen LogP contribution is 2.38. The molecule has 3 saturated carbocycles. The maximum absolute atomic E-state index is 12.8. The first kappa shape index (κ1) is 16.2. The van der Waals surface area contributed by atoms with Crippen LogP contribution in [-0.4, -0.2) is 11.6 Å². The van der Waals surface area contributed by atoms with Crippen molar-refractivity contribution in [2.75, 3.05) is 0 Å². The molecule has 3 aliphatic rings. The first-order chi connectivity index (χ1) is 10.8. The van der Waals surface area contributed by atoms with E-state index in [1.807, 2.05) is 0 Å². The molecule has 3 rings (SSSR count). The van der Waals surface area contributed by atoms with E-state index in [1.165, 1.54) is 38.5 Å². The van der Waals surface area contributed by atoms with Gasteiger partial charge in [0.2, 0.25) is 0 Å². The predicted octanol–water partition coefficient (Wildman–Crippen LogP) is 5.09. The summed E-state index contributed by atoms with van der Waals surface area (Å²) in [5, 5.41) is 0. The highest BCUT2D eigenvalue weighted by atomic mass is 16.1. The van der Waals surface area contributed by atoms with E-state index in [4.69, 9.17) is 0 Å². The van der Waals surface area contributed by atoms with Crippen molar-refractivity contribution in [1.29, 1.82) is 0 Å². The standard InChI is InChI=1S/C20H32O2/c21-19(15-8-3-1-4-9-15)17-12-7-13-18(14-17)20(22)16-10-5-2-6-11-16/h15-18H,1-14H2. The summed E-state index contributed by atoms with van der Waals surface area (Å²) in [5.41, 5.74) is 0. The number of hydrogen-bond donors (Lipinski definition) is 0. The lowest BCUT2D eigenvalue weighted by atomic mass is 9.70. The van der Waals surface area contributed by atoms with Crippen molar-refractivity contribution < 1.29 is 9.59 Å². The molecule has 124 valence electrons. The number of carbonyl (C=O) groups is 2. The molecule has 0 N–H and O–H groups in total. The van der Waals surface area contributed by atoms with Crippen LogP contribution in [0.1, 0.15) is 89.9 Å². The second kappa shape index (κ2) is 7.75. The Balaban J connectivity index is 1.56. The zero-order valence-corrected chi connectivity index (χ0v) is 14.0. The average molecular weight is 304 g/mol. The van der Waals surface area contributed by atoms with Crippen LogP contribution in [0.2, 0.25) is 0 Å². The summed E-state index contributed by atoms with van der Waals surface area (Å²) in [4.78, 5) is 25.6. The maximum atomic E-state index is 12.8. The quantitative estimate of drug-likeness (QED) is 0.725. The van der Waals surface area contributed by atoms with E-state index in [0.29, 0.717) is 23.4 Å². The Kier molecular flexibility index (Phi) is 5.71. The van der Waals surface area contributed by atoms with E-state index in [-0.39, 0.29) is 11.8 Å². The monoisotopic (exact) mass is 304 g/mol. The molecule has 0 spiro atoms.